The summed E-state index contributed by atoms with van der Waals surface area (Å²) in [6.45, 7) is 1.77. The molecule has 0 unspecified atom stereocenters. The molecule has 0 bridgehead atoms. The lowest BCUT2D eigenvalue weighted by Gasteiger charge is -2.10. The average Bonchev–Trinajstić information content (AvgIpc) is 3.21. The van der Waals surface area contributed by atoms with Gasteiger partial charge < -0.3 is 0 Å². The van der Waals surface area contributed by atoms with Crippen molar-refractivity contribution < 1.29 is 13.2 Å². The van der Waals surface area contributed by atoms with E-state index in [1.54, 1.807) is 13.0 Å². The van der Waals surface area contributed by atoms with Crippen LogP contribution >= 0.6 is 22.9 Å². The molecule has 0 fully saturated rings. The average molecular weight is 368 g/mol. The molecule has 0 radical (unpaired) electrons. The second-order valence-corrected chi connectivity index (χ2v) is 6.57. The van der Waals surface area contributed by atoms with Gasteiger partial charge in [-0.1, -0.05) is 34.0 Å². The Hall–Kier alpha value is -2.40. The Labute approximate surface area is 140 Å². The number of rotatable bonds is 2. The van der Waals surface area contributed by atoms with Gasteiger partial charge in [0.15, 0.2) is 5.82 Å². The minimum atomic E-state index is -4.45. The van der Waals surface area contributed by atoms with Crippen molar-refractivity contribution in [3.05, 3.63) is 35.5 Å². The summed E-state index contributed by atoms with van der Waals surface area (Å²) in [6, 6.07) is 5.33. The highest BCUT2D eigenvalue weighted by atomic mass is 32.1. The SMILES string of the molecule is Cc1nnsc1-c1nnc2sc(-c3ccccc3C(F)(F)F)nn12. The Morgan fingerprint density at radius 2 is 1.88 bits per heavy atom. The minimum absolute atomic E-state index is 0.0191. The quantitative estimate of drug-likeness (QED) is 0.540. The summed E-state index contributed by atoms with van der Waals surface area (Å²) in [5.74, 6) is 0.421. The van der Waals surface area contributed by atoms with Crippen LogP contribution in [0.5, 0.6) is 0 Å². The number of alkyl halides is 3. The van der Waals surface area contributed by atoms with E-state index in [9.17, 15) is 13.2 Å². The van der Waals surface area contributed by atoms with Crippen LogP contribution in [0.25, 0.3) is 26.2 Å². The van der Waals surface area contributed by atoms with E-state index in [1.165, 1.54) is 16.6 Å². The number of aryl methyl sites for hydroxylation is 1. The van der Waals surface area contributed by atoms with Crippen molar-refractivity contribution in [2.75, 3.05) is 0 Å². The van der Waals surface area contributed by atoms with Gasteiger partial charge in [0.05, 0.1) is 11.3 Å². The van der Waals surface area contributed by atoms with E-state index in [-0.39, 0.29) is 10.6 Å². The number of nitrogens with zero attached hydrogens (tertiary/aromatic N) is 6. The van der Waals surface area contributed by atoms with Crippen molar-refractivity contribution in [1.29, 1.82) is 0 Å². The second kappa shape index (κ2) is 5.31. The lowest BCUT2D eigenvalue weighted by molar-refractivity contribution is -0.137. The van der Waals surface area contributed by atoms with E-state index in [0.717, 1.165) is 28.9 Å². The summed E-state index contributed by atoms with van der Waals surface area (Å²) in [6.07, 6.45) is -4.45. The maximum absolute atomic E-state index is 13.2. The fraction of sp³-hybridized carbons (Fsp3) is 0.154. The van der Waals surface area contributed by atoms with E-state index >= 15 is 0 Å². The molecule has 0 saturated carbocycles. The smallest absolute Gasteiger partial charge is 0.181 e. The third-order valence-electron chi connectivity index (χ3n) is 3.31. The first kappa shape index (κ1) is 15.1. The first-order valence-electron chi connectivity index (χ1n) is 6.63. The Balaban J connectivity index is 1.89. The lowest BCUT2D eigenvalue weighted by Crippen LogP contribution is -2.06. The Morgan fingerprint density at radius 3 is 2.58 bits per heavy atom. The molecule has 0 spiro atoms. The van der Waals surface area contributed by atoms with E-state index in [2.05, 4.69) is 24.9 Å². The van der Waals surface area contributed by atoms with E-state index in [0.29, 0.717) is 21.4 Å². The summed E-state index contributed by atoms with van der Waals surface area (Å²) in [5, 5.41) is 16.4. The Kier molecular flexibility index (Phi) is 3.35. The molecule has 0 aliphatic rings. The summed E-state index contributed by atoms with van der Waals surface area (Å²) in [5.41, 5.74) is -0.0442. The van der Waals surface area contributed by atoms with Gasteiger partial charge in [0.1, 0.15) is 9.88 Å². The first-order valence-corrected chi connectivity index (χ1v) is 8.22. The monoisotopic (exact) mass is 368 g/mol. The molecule has 3 aromatic heterocycles. The van der Waals surface area contributed by atoms with Crippen LogP contribution in [0.3, 0.4) is 0 Å². The third-order valence-corrected chi connectivity index (χ3v) is 5.06. The topological polar surface area (TPSA) is 68.9 Å². The van der Waals surface area contributed by atoms with Gasteiger partial charge in [-0.2, -0.15) is 22.8 Å². The molecule has 0 amide bonds. The van der Waals surface area contributed by atoms with Gasteiger partial charge in [-0.3, -0.25) is 0 Å². The normalized spacial score (nSPS) is 12.2. The van der Waals surface area contributed by atoms with Gasteiger partial charge in [-0.15, -0.1) is 15.3 Å². The van der Waals surface area contributed by atoms with Gasteiger partial charge >= 0.3 is 6.18 Å². The van der Waals surface area contributed by atoms with Crippen molar-refractivity contribution in [2.24, 2.45) is 0 Å². The number of fused-ring (bicyclic) bond motifs is 1. The molecular weight excluding hydrogens is 361 g/mol. The van der Waals surface area contributed by atoms with Crippen LogP contribution in [0.2, 0.25) is 0 Å². The van der Waals surface area contributed by atoms with Crippen LogP contribution < -0.4 is 0 Å². The number of hydrogen-bond acceptors (Lipinski definition) is 7. The molecule has 122 valence electrons. The highest BCUT2D eigenvalue weighted by Gasteiger charge is 2.34. The molecule has 4 aromatic rings. The lowest BCUT2D eigenvalue weighted by atomic mass is 10.1. The van der Waals surface area contributed by atoms with Crippen LogP contribution in [0.4, 0.5) is 13.2 Å². The molecule has 11 heteroatoms. The fourth-order valence-corrected chi connectivity index (χ4v) is 3.73. The number of halogens is 3. The highest BCUT2D eigenvalue weighted by molar-refractivity contribution is 7.19. The zero-order valence-corrected chi connectivity index (χ0v) is 13.6. The van der Waals surface area contributed by atoms with Crippen LogP contribution in [0, 0.1) is 6.92 Å². The molecule has 0 atom stereocenters. The molecule has 4 rings (SSSR count). The van der Waals surface area contributed by atoms with Crippen LogP contribution in [0.15, 0.2) is 24.3 Å². The molecule has 0 saturated heterocycles. The van der Waals surface area contributed by atoms with E-state index < -0.39 is 11.7 Å². The number of benzene rings is 1. The van der Waals surface area contributed by atoms with Crippen LogP contribution in [-0.2, 0) is 6.18 Å². The number of hydrogen-bond donors (Lipinski definition) is 0. The van der Waals surface area contributed by atoms with Crippen molar-refractivity contribution in [2.45, 2.75) is 13.1 Å². The maximum Gasteiger partial charge on any atom is 0.417 e. The van der Waals surface area contributed by atoms with Crippen LogP contribution in [-0.4, -0.2) is 29.4 Å². The van der Waals surface area contributed by atoms with Crippen molar-refractivity contribution in [3.63, 3.8) is 0 Å². The molecule has 6 nitrogen and oxygen atoms in total. The van der Waals surface area contributed by atoms with Crippen molar-refractivity contribution in [1.82, 2.24) is 29.4 Å². The van der Waals surface area contributed by atoms with Crippen molar-refractivity contribution >= 4 is 27.8 Å². The van der Waals surface area contributed by atoms with E-state index in [4.69, 9.17) is 0 Å². The maximum atomic E-state index is 13.2. The summed E-state index contributed by atoms with van der Waals surface area (Å²) in [4.78, 5) is 1.09. The van der Waals surface area contributed by atoms with E-state index in [1.807, 2.05) is 0 Å². The first-order chi connectivity index (χ1) is 11.4. The van der Waals surface area contributed by atoms with Gasteiger partial charge in [-0.25, -0.2) is 0 Å². The highest BCUT2D eigenvalue weighted by Crippen LogP contribution is 2.38. The fourth-order valence-electron chi connectivity index (χ4n) is 2.22. The predicted molar refractivity (Wildman–Crippen MR) is 82.7 cm³/mol. The predicted octanol–water partition coefficient (Wildman–Crippen LogP) is 3.70. The molecule has 24 heavy (non-hydrogen) atoms. The van der Waals surface area contributed by atoms with Gasteiger partial charge in [-0.05, 0) is 24.5 Å². The molecule has 0 aliphatic heterocycles. The Bertz CT molecular complexity index is 1030. The molecular formula is C13H7F3N6S2. The van der Waals surface area contributed by atoms with Gasteiger partial charge in [0, 0.05) is 5.56 Å². The zero-order chi connectivity index (χ0) is 16.9. The zero-order valence-electron chi connectivity index (χ0n) is 11.9. The summed E-state index contributed by atoms with van der Waals surface area (Å²) < 4.78 is 44.9. The molecule has 0 aliphatic carbocycles. The summed E-state index contributed by atoms with van der Waals surface area (Å²) in [7, 11) is 0. The van der Waals surface area contributed by atoms with Crippen LogP contribution in [0.1, 0.15) is 11.3 Å². The number of aromatic nitrogens is 6. The standard InChI is InChI=1S/C13H7F3N6S2/c1-6-9(24-21-17-6)10-18-19-12-22(10)20-11(23-12)7-4-2-3-5-8(7)13(14,15)16/h2-5H,1H3. The molecule has 1 aromatic carbocycles. The summed E-state index contributed by atoms with van der Waals surface area (Å²) >= 11 is 2.18. The van der Waals surface area contributed by atoms with Crippen molar-refractivity contribution in [3.8, 4) is 21.3 Å². The Morgan fingerprint density at radius 1 is 1.08 bits per heavy atom. The largest absolute Gasteiger partial charge is 0.417 e. The third kappa shape index (κ3) is 2.36. The van der Waals surface area contributed by atoms with Gasteiger partial charge in [0.25, 0.3) is 0 Å². The second-order valence-electron chi connectivity index (χ2n) is 4.86. The van der Waals surface area contributed by atoms with Gasteiger partial charge in [0.2, 0.25) is 4.96 Å². The molecule has 3 heterocycles. The minimum Gasteiger partial charge on any atom is -0.181 e. The molecule has 0 N–H and O–H groups in total.